The number of rotatable bonds is 5. The zero-order valence-corrected chi connectivity index (χ0v) is 19.4. The number of hydrogen-bond acceptors (Lipinski definition) is 7. The van der Waals surface area contributed by atoms with Gasteiger partial charge in [0.15, 0.2) is 16.7 Å². The third-order valence-electron chi connectivity index (χ3n) is 5.16. The van der Waals surface area contributed by atoms with E-state index < -0.39 is 34.9 Å². The Hall–Kier alpha value is -4.00. The molecule has 4 rings (SSSR count). The first kappa shape index (κ1) is 25.1. The number of benzene rings is 2. The number of halogens is 3. The van der Waals surface area contributed by atoms with E-state index in [4.69, 9.17) is 14.6 Å². The van der Waals surface area contributed by atoms with Crippen LogP contribution in [0.5, 0.6) is 17.2 Å². The Labute approximate surface area is 206 Å². The normalized spacial score (nSPS) is 17.2. The molecule has 2 N–H and O–H groups in total. The highest BCUT2D eigenvalue weighted by Crippen LogP contribution is 2.41. The molecular weight excluding hydrogens is 503 g/mol. The monoisotopic (exact) mass is 521 g/mol. The third-order valence-corrected chi connectivity index (χ3v) is 6.20. The number of alkyl halides is 3. The molecule has 36 heavy (non-hydrogen) atoms. The summed E-state index contributed by atoms with van der Waals surface area (Å²) in [5, 5.41) is 12.1. The number of nitrogens with zero attached hydrogens (tertiary/aromatic N) is 2. The summed E-state index contributed by atoms with van der Waals surface area (Å²) in [7, 11) is 1.30. The van der Waals surface area contributed by atoms with Gasteiger partial charge in [-0.15, -0.1) is 0 Å². The van der Waals surface area contributed by atoms with Crippen molar-refractivity contribution in [1.82, 2.24) is 10.2 Å². The lowest BCUT2D eigenvalue weighted by atomic mass is 10.1. The molecule has 2 aliphatic heterocycles. The van der Waals surface area contributed by atoms with Gasteiger partial charge in [0, 0.05) is 13.1 Å². The van der Waals surface area contributed by atoms with Gasteiger partial charge in [0.25, 0.3) is 5.91 Å². The van der Waals surface area contributed by atoms with Crippen molar-refractivity contribution >= 4 is 40.8 Å². The number of amidine groups is 1. The molecule has 2 amide bonds. The van der Waals surface area contributed by atoms with Gasteiger partial charge in [0.05, 0.1) is 29.7 Å². The molecule has 0 aromatic heterocycles. The van der Waals surface area contributed by atoms with Crippen LogP contribution in [0.3, 0.4) is 0 Å². The number of carboxylic acid groups (broad SMARTS) is 1. The summed E-state index contributed by atoms with van der Waals surface area (Å²) in [5.74, 6) is -2.70. The number of hydrogen-bond donors (Lipinski definition) is 2. The van der Waals surface area contributed by atoms with Crippen molar-refractivity contribution in [2.24, 2.45) is 4.99 Å². The summed E-state index contributed by atoms with van der Waals surface area (Å²) in [5.41, 5.74) is -1.28. The van der Waals surface area contributed by atoms with E-state index in [0.717, 1.165) is 23.9 Å². The van der Waals surface area contributed by atoms with E-state index in [9.17, 15) is 27.6 Å². The van der Waals surface area contributed by atoms with Gasteiger partial charge >= 0.3 is 12.1 Å². The second-order valence-corrected chi connectivity index (χ2v) is 8.62. The predicted molar refractivity (Wildman–Crippen MR) is 124 cm³/mol. The van der Waals surface area contributed by atoms with E-state index >= 15 is 0 Å². The van der Waals surface area contributed by atoms with Gasteiger partial charge in [0.1, 0.15) is 5.75 Å². The van der Waals surface area contributed by atoms with Crippen LogP contribution in [0, 0.1) is 0 Å². The van der Waals surface area contributed by atoms with Crippen LogP contribution in [0.4, 0.5) is 13.2 Å². The molecule has 9 nitrogen and oxygen atoms in total. The molecule has 1 fully saturated rings. The Morgan fingerprint density at radius 2 is 1.92 bits per heavy atom. The van der Waals surface area contributed by atoms with Crippen LogP contribution < -0.4 is 14.8 Å². The fourth-order valence-electron chi connectivity index (χ4n) is 3.44. The molecule has 2 heterocycles. The van der Waals surface area contributed by atoms with E-state index in [1.54, 1.807) is 11.0 Å². The van der Waals surface area contributed by atoms with Crippen LogP contribution >= 0.6 is 11.8 Å². The van der Waals surface area contributed by atoms with Crippen molar-refractivity contribution in [2.75, 3.05) is 26.7 Å². The van der Waals surface area contributed by atoms with Gasteiger partial charge in [-0.2, -0.15) is 18.2 Å². The molecule has 2 aromatic rings. The van der Waals surface area contributed by atoms with Crippen LogP contribution in [0.25, 0.3) is 6.08 Å². The average molecular weight is 521 g/mol. The summed E-state index contributed by atoms with van der Waals surface area (Å²) in [6, 6.07) is 6.79. The van der Waals surface area contributed by atoms with Gasteiger partial charge < -0.3 is 24.8 Å². The number of carbonyl (C=O) groups excluding carboxylic acids is 2. The standard InChI is InChI=1S/C23H18F3N3O6S/c1-34-17-8-12(9-18-20(31)28-22(36-18)29-7-6-27-19(30)11-29)2-4-16(17)35-15-5-3-13(21(32)33)10-14(15)23(24,25)26/h2-5,8-10H,6-7,11H2,1H3,(H,27,30)(H,32,33)/b18-9+. The lowest BCUT2D eigenvalue weighted by molar-refractivity contribution is -0.138. The van der Waals surface area contributed by atoms with Crippen LogP contribution in [0.1, 0.15) is 21.5 Å². The molecule has 0 atom stereocenters. The average Bonchev–Trinajstić information content (AvgIpc) is 3.19. The Morgan fingerprint density at radius 3 is 2.58 bits per heavy atom. The molecule has 0 bridgehead atoms. The summed E-state index contributed by atoms with van der Waals surface area (Å²) >= 11 is 1.11. The van der Waals surface area contributed by atoms with Crippen molar-refractivity contribution in [3.05, 3.63) is 58.0 Å². The van der Waals surface area contributed by atoms with E-state index in [2.05, 4.69) is 10.3 Å². The SMILES string of the molecule is COc1cc(/C=C2/SC(N3CCNC(=O)C3)=NC2=O)ccc1Oc1ccc(C(=O)O)cc1C(F)(F)F. The molecule has 0 unspecified atom stereocenters. The van der Waals surface area contributed by atoms with Gasteiger partial charge in [-0.3, -0.25) is 9.59 Å². The fourth-order valence-corrected chi connectivity index (χ4v) is 4.37. The number of carboxylic acids is 1. The van der Waals surface area contributed by atoms with Crippen molar-refractivity contribution in [1.29, 1.82) is 0 Å². The summed E-state index contributed by atoms with van der Waals surface area (Å²) in [6.07, 6.45) is -3.31. The third kappa shape index (κ3) is 5.46. The zero-order valence-electron chi connectivity index (χ0n) is 18.6. The maximum atomic E-state index is 13.5. The smallest absolute Gasteiger partial charge is 0.420 e. The van der Waals surface area contributed by atoms with Gasteiger partial charge in [0.2, 0.25) is 5.91 Å². The first-order valence-corrected chi connectivity index (χ1v) is 11.2. The number of ether oxygens (including phenoxy) is 2. The molecule has 1 saturated heterocycles. The first-order valence-electron chi connectivity index (χ1n) is 10.4. The number of piperazine rings is 1. The minimum Gasteiger partial charge on any atom is -0.493 e. The number of amides is 2. The Morgan fingerprint density at radius 1 is 1.17 bits per heavy atom. The number of carbonyl (C=O) groups is 3. The molecule has 188 valence electrons. The number of aliphatic imine (C=N–C) groups is 1. The van der Waals surface area contributed by atoms with E-state index in [1.165, 1.54) is 25.3 Å². The molecule has 0 radical (unpaired) electrons. The highest BCUT2D eigenvalue weighted by molar-refractivity contribution is 8.18. The number of thioether (sulfide) groups is 1. The van der Waals surface area contributed by atoms with Crippen LogP contribution in [0.2, 0.25) is 0 Å². The van der Waals surface area contributed by atoms with Gasteiger partial charge in [-0.05, 0) is 53.7 Å². The minimum atomic E-state index is -4.86. The van der Waals surface area contributed by atoms with Gasteiger partial charge in [-0.25, -0.2) is 4.79 Å². The van der Waals surface area contributed by atoms with Crippen molar-refractivity contribution in [3.8, 4) is 17.2 Å². The highest BCUT2D eigenvalue weighted by atomic mass is 32.2. The topological polar surface area (TPSA) is 118 Å². The number of nitrogens with one attached hydrogen (secondary N) is 1. The van der Waals surface area contributed by atoms with Crippen LogP contribution in [-0.4, -0.2) is 59.7 Å². The fraction of sp³-hybridized carbons (Fsp3) is 0.217. The van der Waals surface area contributed by atoms with E-state index in [1.807, 2.05) is 0 Å². The molecule has 13 heteroatoms. The molecule has 0 spiro atoms. The molecule has 2 aliphatic rings. The largest absolute Gasteiger partial charge is 0.493 e. The number of aromatic carboxylic acids is 1. The molecule has 0 saturated carbocycles. The first-order chi connectivity index (χ1) is 17.0. The quantitative estimate of drug-likeness (QED) is 0.574. The Bertz CT molecular complexity index is 1310. The lowest BCUT2D eigenvalue weighted by Gasteiger charge is -2.27. The van der Waals surface area contributed by atoms with Crippen LogP contribution in [0.15, 0.2) is 46.3 Å². The Balaban J connectivity index is 1.57. The molecule has 2 aromatic carbocycles. The molecule has 0 aliphatic carbocycles. The zero-order chi connectivity index (χ0) is 26.0. The van der Waals surface area contributed by atoms with E-state index in [-0.39, 0.29) is 24.0 Å². The van der Waals surface area contributed by atoms with Crippen LogP contribution in [-0.2, 0) is 15.8 Å². The second-order valence-electron chi connectivity index (χ2n) is 7.61. The Kier molecular flexibility index (Phi) is 6.93. The summed E-state index contributed by atoms with van der Waals surface area (Å²) in [6.45, 7) is 1.06. The van der Waals surface area contributed by atoms with Crippen molar-refractivity contribution < 1.29 is 42.1 Å². The van der Waals surface area contributed by atoms with Crippen molar-refractivity contribution in [2.45, 2.75) is 6.18 Å². The summed E-state index contributed by atoms with van der Waals surface area (Å²) in [4.78, 5) is 41.1. The minimum absolute atomic E-state index is 0.0464. The maximum Gasteiger partial charge on any atom is 0.420 e. The lowest BCUT2D eigenvalue weighted by Crippen LogP contribution is -2.49. The van der Waals surface area contributed by atoms with Crippen molar-refractivity contribution in [3.63, 3.8) is 0 Å². The van der Waals surface area contributed by atoms with Gasteiger partial charge in [-0.1, -0.05) is 6.07 Å². The summed E-state index contributed by atoms with van der Waals surface area (Å²) < 4.78 is 51.2. The number of methoxy groups -OCH3 is 1. The predicted octanol–water partition coefficient (Wildman–Crippen LogP) is 3.61. The molecular formula is C23H18F3N3O6S. The maximum absolute atomic E-state index is 13.5. The highest BCUT2D eigenvalue weighted by Gasteiger charge is 2.36. The second kappa shape index (κ2) is 9.93. The van der Waals surface area contributed by atoms with E-state index in [0.29, 0.717) is 34.8 Å².